The van der Waals surface area contributed by atoms with Gasteiger partial charge in [-0.05, 0) is 18.9 Å². The van der Waals surface area contributed by atoms with Gasteiger partial charge in [0.25, 0.3) is 5.91 Å². The number of amides is 3. The Morgan fingerprint density at radius 3 is 2.64 bits per heavy atom. The topological polar surface area (TPSA) is 61.8 Å². The molecule has 1 N–H and O–H groups in total. The van der Waals surface area contributed by atoms with E-state index in [1.807, 2.05) is 0 Å². The first kappa shape index (κ1) is 15.3. The summed E-state index contributed by atoms with van der Waals surface area (Å²) in [7, 11) is 0. The first-order valence-electron chi connectivity index (χ1n) is 7.18. The zero-order valence-corrected chi connectivity index (χ0v) is 13.3. The molecule has 2 fully saturated rings. The summed E-state index contributed by atoms with van der Waals surface area (Å²) >= 11 is 12.0. The third kappa shape index (κ3) is 2.59. The van der Waals surface area contributed by atoms with E-state index >= 15 is 0 Å². The number of hydrogen-bond acceptors (Lipinski definition) is 3. The Kier molecular flexibility index (Phi) is 4.10. The fourth-order valence-corrected chi connectivity index (χ4v) is 3.30. The number of nitrogens with one attached hydrogen (secondary N) is 1. The van der Waals surface area contributed by atoms with Crippen molar-refractivity contribution < 1.29 is 9.59 Å². The third-order valence-electron chi connectivity index (χ3n) is 4.14. The maximum absolute atomic E-state index is 12.5. The zero-order valence-electron chi connectivity index (χ0n) is 11.8. The first-order valence-corrected chi connectivity index (χ1v) is 7.94. The van der Waals surface area contributed by atoms with Crippen LogP contribution in [0.15, 0.2) is 23.3 Å². The smallest absolute Gasteiger partial charge is 0.321 e. The normalized spacial score (nSPS) is 20.9. The van der Waals surface area contributed by atoms with E-state index in [9.17, 15) is 9.59 Å². The molecule has 1 aromatic rings. The van der Waals surface area contributed by atoms with Crippen LogP contribution in [0.4, 0.5) is 4.79 Å². The Hall–Kier alpha value is -1.59. The van der Waals surface area contributed by atoms with Crippen molar-refractivity contribution in [3.63, 3.8) is 0 Å². The molecule has 1 saturated heterocycles. The minimum Gasteiger partial charge on any atom is -0.321 e. The molecule has 1 heterocycles. The van der Waals surface area contributed by atoms with E-state index in [1.54, 1.807) is 18.2 Å². The second kappa shape index (κ2) is 5.89. The Morgan fingerprint density at radius 2 is 1.91 bits per heavy atom. The van der Waals surface area contributed by atoms with E-state index in [4.69, 9.17) is 23.2 Å². The van der Waals surface area contributed by atoms with Crippen LogP contribution in [0.3, 0.4) is 0 Å². The highest BCUT2D eigenvalue weighted by Crippen LogP contribution is 2.33. The monoisotopic (exact) mass is 339 g/mol. The van der Waals surface area contributed by atoms with Gasteiger partial charge in [-0.2, -0.15) is 5.10 Å². The SMILES string of the molecule is O=C1NC2(CCCCC2)C(=O)N1/N=C\c1cccc(Cl)c1Cl. The molecular formula is C15H15Cl2N3O2. The lowest BCUT2D eigenvalue weighted by Gasteiger charge is -2.29. The average molecular weight is 340 g/mol. The predicted octanol–water partition coefficient (Wildman–Crippen LogP) is 3.58. The number of carbonyl (C=O) groups is 2. The molecule has 1 spiro atoms. The number of benzene rings is 1. The third-order valence-corrected chi connectivity index (χ3v) is 4.97. The van der Waals surface area contributed by atoms with Crippen molar-refractivity contribution in [2.45, 2.75) is 37.6 Å². The molecule has 7 heteroatoms. The van der Waals surface area contributed by atoms with Crippen molar-refractivity contribution in [1.82, 2.24) is 10.3 Å². The molecule has 116 valence electrons. The van der Waals surface area contributed by atoms with E-state index in [1.165, 1.54) is 6.21 Å². The van der Waals surface area contributed by atoms with Gasteiger partial charge in [0, 0.05) is 5.56 Å². The summed E-state index contributed by atoms with van der Waals surface area (Å²) in [6.45, 7) is 0. The van der Waals surface area contributed by atoms with Crippen LogP contribution in [-0.2, 0) is 4.79 Å². The van der Waals surface area contributed by atoms with Crippen LogP contribution in [0, 0.1) is 0 Å². The Bertz CT molecular complexity index is 654. The average Bonchev–Trinajstić information content (AvgIpc) is 2.73. The van der Waals surface area contributed by atoms with Crippen molar-refractivity contribution in [3.05, 3.63) is 33.8 Å². The molecule has 2 aliphatic rings. The molecule has 0 radical (unpaired) electrons. The highest BCUT2D eigenvalue weighted by molar-refractivity contribution is 6.43. The molecular weight excluding hydrogens is 325 g/mol. The summed E-state index contributed by atoms with van der Waals surface area (Å²) in [5, 5.41) is 8.43. The standard InChI is InChI=1S/C15H15Cl2N3O2/c16-11-6-4-5-10(12(11)17)9-18-20-13(21)15(19-14(20)22)7-2-1-3-8-15/h4-6,9H,1-3,7-8H2,(H,19,22)/b18-9-. The first-order chi connectivity index (χ1) is 10.5. The van der Waals surface area contributed by atoms with E-state index in [2.05, 4.69) is 10.4 Å². The van der Waals surface area contributed by atoms with Gasteiger partial charge in [-0.25, -0.2) is 4.79 Å². The number of halogens is 2. The summed E-state index contributed by atoms with van der Waals surface area (Å²) in [5.74, 6) is -0.286. The van der Waals surface area contributed by atoms with Crippen molar-refractivity contribution in [1.29, 1.82) is 0 Å². The number of hydrazone groups is 1. The zero-order chi connectivity index (χ0) is 15.7. The molecule has 3 rings (SSSR count). The van der Waals surface area contributed by atoms with E-state index in [-0.39, 0.29) is 5.91 Å². The minimum atomic E-state index is -0.773. The summed E-state index contributed by atoms with van der Waals surface area (Å²) in [5.41, 5.74) is -0.218. The van der Waals surface area contributed by atoms with Crippen LogP contribution in [-0.4, -0.2) is 28.7 Å². The molecule has 0 unspecified atom stereocenters. The van der Waals surface area contributed by atoms with Gasteiger partial charge in [-0.1, -0.05) is 54.6 Å². The second-order valence-electron chi connectivity index (χ2n) is 5.58. The molecule has 0 atom stereocenters. The number of hydrogen-bond donors (Lipinski definition) is 1. The number of nitrogens with zero attached hydrogens (tertiary/aromatic N) is 2. The molecule has 1 aromatic carbocycles. The van der Waals surface area contributed by atoms with Gasteiger partial charge in [0.1, 0.15) is 5.54 Å². The minimum absolute atomic E-state index is 0.286. The lowest BCUT2D eigenvalue weighted by Crippen LogP contribution is -2.48. The van der Waals surface area contributed by atoms with Gasteiger partial charge < -0.3 is 5.32 Å². The van der Waals surface area contributed by atoms with Gasteiger partial charge in [0.05, 0.1) is 16.3 Å². The van der Waals surface area contributed by atoms with Crippen molar-refractivity contribution in [2.24, 2.45) is 5.10 Å². The molecule has 22 heavy (non-hydrogen) atoms. The lowest BCUT2D eigenvalue weighted by atomic mass is 9.82. The van der Waals surface area contributed by atoms with Gasteiger partial charge in [-0.15, -0.1) is 5.01 Å². The largest absolute Gasteiger partial charge is 0.346 e. The quantitative estimate of drug-likeness (QED) is 0.661. The van der Waals surface area contributed by atoms with Crippen LogP contribution in [0.25, 0.3) is 0 Å². The molecule has 1 aliphatic carbocycles. The maximum Gasteiger partial charge on any atom is 0.346 e. The van der Waals surface area contributed by atoms with Crippen LogP contribution < -0.4 is 5.32 Å². The van der Waals surface area contributed by atoms with Crippen LogP contribution in [0.1, 0.15) is 37.7 Å². The van der Waals surface area contributed by atoms with Gasteiger partial charge in [0.15, 0.2) is 0 Å². The van der Waals surface area contributed by atoms with Crippen molar-refractivity contribution in [2.75, 3.05) is 0 Å². The maximum atomic E-state index is 12.5. The fraction of sp³-hybridized carbons (Fsp3) is 0.400. The number of urea groups is 1. The highest BCUT2D eigenvalue weighted by Gasteiger charge is 2.51. The summed E-state index contributed by atoms with van der Waals surface area (Å²) in [6, 6.07) is 4.61. The summed E-state index contributed by atoms with van der Waals surface area (Å²) in [6.07, 6.45) is 5.68. The molecule has 1 saturated carbocycles. The van der Waals surface area contributed by atoms with E-state index < -0.39 is 11.6 Å². The highest BCUT2D eigenvalue weighted by atomic mass is 35.5. The Morgan fingerprint density at radius 1 is 1.18 bits per heavy atom. The summed E-state index contributed by atoms with van der Waals surface area (Å²) < 4.78 is 0. The van der Waals surface area contributed by atoms with Crippen LogP contribution in [0.2, 0.25) is 10.0 Å². The molecule has 0 aromatic heterocycles. The van der Waals surface area contributed by atoms with Gasteiger partial charge in [-0.3, -0.25) is 4.79 Å². The van der Waals surface area contributed by atoms with Crippen molar-refractivity contribution in [3.8, 4) is 0 Å². The number of imide groups is 1. The lowest BCUT2D eigenvalue weighted by molar-refractivity contribution is -0.132. The number of carbonyl (C=O) groups excluding carboxylic acids is 2. The van der Waals surface area contributed by atoms with Crippen molar-refractivity contribution >= 4 is 41.4 Å². The molecule has 1 aliphatic heterocycles. The van der Waals surface area contributed by atoms with Gasteiger partial charge >= 0.3 is 6.03 Å². The second-order valence-corrected chi connectivity index (χ2v) is 6.36. The Labute approximate surface area is 138 Å². The fourth-order valence-electron chi connectivity index (χ4n) is 2.95. The molecule has 3 amide bonds. The van der Waals surface area contributed by atoms with Crippen LogP contribution in [0.5, 0.6) is 0 Å². The Balaban J connectivity index is 1.83. The van der Waals surface area contributed by atoms with Gasteiger partial charge in [0.2, 0.25) is 0 Å². The van der Waals surface area contributed by atoms with E-state index in [0.29, 0.717) is 28.5 Å². The molecule has 5 nitrogen and oxygen atoms in total. The number of rotatable bonds is 2. The molecule has 0 bridgehead atoms. The van der Waals surface area contributed by atoms with E-state index in [0.717, 1.165) is 24.3 Å². The van der Waals surface area contributed by atoms with Crippen LogP contribution >= 0.6 is 23.2 Å². The summed E-state index contributed by atoms with van der Waals surface area (Å²) in [4.78, 5) is 24.6. The predicted molar refractivity (Wildman–Crippen MR) is 85.2 cm³/mol.